The first-order valence-corrected chi connectivity index (χ1v) is 9.02. The summed E-state index contributed by atoms with van der Waals surface area (Å²) in [5.41, 5.74) is 1.99. The first-order valence-electron chi connectivity index (χ1n) is 9.02. The minimum Gasteiger partial charge on any atom is -0.377 e. The molecule has 1 unspecified atom stereocenters. The van der Waals surface area contributed by atoms with Crippen LogP contribution >= 0.6 is 0 Å². The molecule has 1 atom stereocenters. The Morgan fingerprint density at radius 1 is 1.08 bits per heavy atom. The van der Waals surface area contributed by atoms with Gasteiger partial charge in [-0.15, -0.1) is 0 Å². The summed E-state index contributed by atoms with van der Waals surface area (Å²) in [6.07, 6.45) is 2.15. The first-order chi connectivity index (χ1) is 12.2. The number of nitrogens with zero attached hydrogens (tertiary/aromatic N) is 4. The Morgan fingerprint density at radius 3 is 2.68 bits per heavy atom. The van der Waals surface area contributed by atoms with Crippen LogP contribution in [-0.2, 0) is 16.2 Å². The lowest BCUT2D eigenvalue weighted by molar-refractivity contribution is -0.149. The number of hydrogen-bond donors (Lipinski definition) is 0. The third-order valence-corrected chi connectivity index (χ3v) is 5.50. The lowest BCUT2D eigenvalue weighted by atomic mass is 10.1. The van der Waals surface area contributed by atoms with Crippen molar-refractivity contribution in [3.8, 4) is 0 Å². The Labute approximate surface area is 145 Å². The van der Waals surface area contributed by atoms with Gasteiger partial charge in [-0.25, -0.2) is 4.79 Å². The first kappa shape index (κ1) is 15.2. The monoisotopic (exact) mass is 342 g/mol. The van der Waals surface area contributed by atoms with E-state index >= 15 is 0 Å². The van der Waals surface area contributed by atoms with Crippen molar-refractivity contribution in [1.29, 1.82) is 0 Å². The van der Waals surface area contributed by atoms with Gasteiger partial charge in [-0.05, 0) is 25.0 Å². The molecule has 2 aliphatic heterocycles. The highest BCUT2D eigenvalue weighted by Crippen LogP contribution is 2.36. The van der Waals surface area contributed by atoms with Crippen LogP contribution in [0.15, 0.2) is 29.1 Å². The number of rotatable bonds is 3. The van der Waals surface area contributed by atoms with Crippen molar-refractivity contribution in [2.24, 2.45) is 0 Å². The summed E-state index contributed by atoms with van der Waals surface area (Å²) in [5, 5.41) is 0. The van der Waals surface area contributed by atoms with E-state index in [1.807, 2.05) is 38.3 Å². The summed E-state index contributed by atoms with van der Waals surface area (Å²) in [5.74, 6) is 0.138. The molecule has 1 aliphatic carbocycles. The highest BCUT2D eigenvalue weighted by molar-refractivity contribution is 5.79. The van der Waals surface area contributed by atoms with E-state index in [4.69, 9.17) is 4.74 Å². The molecule has 2 aromatic rings. The number of piperazine rings is 1. The number of aromatic nitrogens is 2. The molecule has 1 aromatic heterocycles. The number of morpholine rings is 1. The van der Waals surface area contributed by atoms with Crippen molar-refractivity contribution in [2.75, 3.05) is 32.8 Å². The molecule has 0 N–H and O–H groups in total. The Morgan fingerprint density at radius 2 is 1.88 bits per heavy atom. The van der Waals surface area contributed by atoms with E-state index in [-0.39, 0.29) is 17.6 Å². The van der Waals surface area contributed by atoms with Gasteiger partial charge in [0, 0.05) is 19.1 Å². The van der Waals surface area contributed by atoms with E-state index in [2.05, 4.69) is 4.90 Å². The lowest BCUT2D eigenvalue weighted by Gasteiger charge is -2.43. The fourth-order valence-corrected chi connectivity index (χ4v) is 4.14. The molecule has 1 aromatic carbocycles. The fourth-order valence-electron chi connectivity index (χ4n) is 4.14. The Balaban J connectivity index is 1.47. The largest absolute Gasteiger partial charge is 0.377 e. The van der Waals surface area contributed by atoms with Crippen molar-refractivity contribution in [1.82, 2.24) is 18.9 Å². The second-order valence-electron chi connectivity index (χ2n) is 7.27. The topological polar surface area (TPSA) is 59.7 Å². The standard InChI is InChI=1S/C18H22N4O3/c23-17-10-19(9-14-11-25-8-7-20(14)17)12-21-15-3-1-2-4-16(15)22(18(21)24)13-5-6-13/h1-4,13-14H,5-12H2. The molecule has 5 rings (SSSR count). The van der Waals surface area contributed by atoms with E-state index in [1.54, 1.807) is 0 Å². The van der Waals surface area contributed by atoms with Crippen molar-refractivity contribution < 1.29 is 9.53 Å². The Kier molecular flexibility index (Phi) is 3.46. The van der Waals surface area contributed by atoms with Gasteiger partial charge >= 0.3 is 5.69 Å². The van der Waals surface area contributed by atoms with Crippen molar-refractivity contribution in [3.05, 3.63) is 34.7 Å². The van der Waals surface area contributed by atoms with E-state index in [0.29, 0.717) is 39.0 Å². The Hall–Kier alpha value is -2.12. The second-order valence-corrected chi connectivity index (χ2v) is 7.27. The molecular formula is C18H22N4O3. The molecule has 0 bridgehead atoms. The number of fused-ring (bicyclic) bond motifs is 2. The van der Waals surface area contributed by atoms with Gasteiger partial charge in [-0.1, -0.05) is 12.1 Å². The van der Waals surface area contributed by atoms with Gasteiger partial charge in [-0.2, -0.15) is 0 Å². The molecule has 1 amide bonds. The van der Waals surface area contributed by atoms with Crippen LogP contribution in [0, 0.1) is 0 Å². The van der Waals surface area contributed by atoms with Crippen LogP contribution in [0.3, 0.4) is 0 Å². The maximum atomic E-state index is 13.0. The third kappa shape index (κ3) is 2.49. The smallest absolute Gasteiger partial charge is 0.330 e. The van der Waals surface area contributed by atoms with Gasteiger partial charge in [0.25, 0.3) is 0 Å². The minimum absolute atomic E-state index is 0.0403. The van der Waals surface area contributed by atoms with Gasteiger partial charge in [0.1, 0.15) is 0 Å². The normalized spacial score (nSPS) is 24.7. The molecule has 25 heavy (non-hydrogen) atoms. The van der Waals surface area contributed by atoms with Crippen molar-refractivity contribution in [3.63, 3.8) is 0 Å². The van der Waals surface area contributed by atoms with E-state index < -0.39 is 0 Å². The number of hydrogen-bond acceptors (Lipinski definition) is 4. The number of amides is 1. The van der Waals surface area contributed by atoms with Gasteiger partial charge in [0.2, 0.25) is 5.91 Å². The maximum absolute atomic E-state index is 13.0. The molecular weight excluding hydrogens is 320 g/mol. The second kappa shape index (κ2) is 5.71. The van der Waals surface area contributed by atoms with Gasteiger partial charge in [-0.3, -0.25) is 18.8 Å². The van der Waals surface area contributed by atoms with E-state index in [1.165, 1.54) is 0 Å². The van der Waals surface area contributed by atoms with Crippen molar-refractivity contribution >= 4 is 16.9 Å². The number of ether oxygens (including phenoxy) is 1. The van der Waals surface area contributed by atoms with E-state index in [9.17, 15) is 9.59 Å². The molecule has 132 valence electrons. The van der Waals surface area contributed by atoms with Crippen LogP contribution in [0.2, 0.25) is 0 Å². The predicted octanol–water partition coefficient (Wildman–Crippen LogP) is 0.638. The van der Waals surface area contributed by atoms with Gasteiger partial charge in [0.05, 0.1) is 43.5 Å². The van der Waals surface area contributed by atoms with Crippen LogP contribution in [0.25, 0.3) is 11.0 Å². The van der Waals surface area contributed by atoms with Crippen LogP contribution in [0.1, 0.15) is 18.9 Å². The van der Waals surface area contributed by atoms with Crippen LogP contribution in [-0.4, -0.2) is 63.7 Å². The summed E-state index contributed by atoms with van der Waals surface area (Å²) < 4.78 is 9.28. The molecule has 7 heteroatoms. The molecule has 3 aliphatic rings. The SMILES string of the molecule is O=C1CN(Cn2c(=O)n(C3CC3)c3ccccc32)CC2COCCN12. The number of para-hydroxylation sites is 2. The zero-order valence-electron chi connectivity index (χ0n) is 14.1. The highest BCUT2D eigenvalue weighted by Gasteiger charge is 2.35. The molecule has 3 heterocycles. The average molecular weight is 342 g/mol. The predicted molar refractivity (Wildman–Crippen MR) is 92.4 cm³/mol. The molecule has 3 fully saturated rings. The van der Waals surface area contributed by atoms with Crippen LogP contribution in [0.5, 0.6) is 0 Å². The molecule has 1 saturated carbocycles. The highest BCUT2D eigenvalue weighted by atomic mass is 16.5. The summed E-state index contributed by atoms with van der Waals surface area (Å²) in [6, 6.07) is 8.40. The van der Waals surface area contributed by atoms with Crippen LogP contribution in [0.4, 0.5) is 0 Å². The number of carbonyl (C=O) groups excluding carboxylic acids is 1. The summed E-state index contributed by atoms with van der Waals surface area (Å²) >= 11 is 0. The van der Waals surface area contributed by atoms with Crippen molar-refractivity contribution in [2.45, 2.75) is 31.6 Å². The van der Waals surface area contributed by atoms with E-state index in [0.717, 1.165) is 30.4 Å². The zero-order chi connectivity index (χ0) is 17.0. The number of carbonyl (C=O) groups is 1. The van der Waals surface area contributed by atoms with Gasteiger partial charge < -0.3 is 9.64 Å². The van der Waals surface area contributed by atoms with Gasteiger partial charge in [0.15, 0.2) is 0 Å². The average Bonchev–Trinajstić information content (AvgIpc) is 3.41. The maximum Gasteiger partial charge on any atom is 0.330 e. The fraction of sp³-hybridized carbons (Fsp3) is 0.556. The number of benzene rings is 1. The molecule has 0 spiro atoms. The lowest BCUT2D eigenvalue weighted by Crippen LogP contribution is -2.61. The minimum atomic E-state index is 0.0403. The van der Waals surface area contributed by atoms with Crippen LogP contribution < -0.4 is 5.69 Å². The summed E-state index contributed by atoms with van der Waals surface area (Å²) in [7, 11) is 0. The summed E-state index contributed by atoms with van der Waals surface area (Å²) in [6.45, 7) is 3.46. The number of imidazole rings is 1. The third-order valence-electron chi connectivity index (χ3n) is 5.50. The Bertz CT molecular complexity index is 882. The molecule has 7 nitrogen and oxygen atoms in total. The molecule has 2 saturated heterocycles. The summed E-state index contributed by atoms with van der Waals surface area (Å²) in [4.78, 5) is 29.4. The molecule has 0 radical (unpaired) electrons. The zero-order valence-corrected chi connectivity index (χ0v) is 14.1. The quantitative estimate of drug-likeness (QED) is 0.821.